The van der Waals surface area contributed by atoms with Crippen LogP contribution in [0.1, 0.15) is 10.4 Å². The highest BCUT2D eigenvalue weighted by Gasteiger charge is 2.20. The summed E-state index contributed by atoms with van der Waals surface area (Å²) in [6.45, 7) is 0. The second-order valence-electron chi connectivity index (χ2n) is 6.52. The van der Waals surface area contributed by atoms with E-state index in [4.69, 9.17) is 51.5 Å². The number of hydrogen-bond acceptors (Lipinski definition) is 6. The molecule has 4 aromatic rings. The fourth-order valence-corrected chi connectivity index (χ4v) is 7.32. The molecule has 3 aromatic carbocycles. The summed E-state index contributed by atoms with van der Waals surface area (Å²) in [5.41, 5.74) is 0.826. The van der Waals surface area contributed by atoms with Crippen LogP contribution < -0.4 is 4.72 Å². The Morgan fingerprint density at radius 3 is 2.30 bits per heavy atom. The van der Waals surface area contributed by atoms with E-state index < -0.39 is 16.0 Å². The molecule has 0 atom stereocenters. The van der Waals surface area contributed by atoms with E-state index in [1.54, 1.807) is 6.07 Å². The van der Waals surface area contributed by atoms with Crippen LogP contribution in [0.3, 0.4) is 0 Å². The molecule has 4 rings (SSSR count). The van der Waals surface area contributed by atoms with Crippen molar-refractivity contribution in [3.05, 3.63) is 74.2 Å². The third-order valence-electron chi connectivity index (χ3n) is 4.24. The van der Waals surface area contributed by atoms with Gasteiger partial charge in [0.2, 0.25) is 0 Å². The number of carboxylic acids is 1. The molecule has 0 saturated heterocycles. The molecule has 1 aromatic heterocycles. The largest absolute Gasteiger partial charge is 0.478 e. The van der Waals surface area contributed by atoms with Gasteiger partial charge in [-0.2, -0.15) is 0 Å². The standard InChI is InChI=1S/C20H10Cl4N2O4S3/c21-10-2-4-17(12(22)6-10)33(29,30)26-11-7-13(23)18(14(24)8-11)32-20-25-15-5-9(19(27)28)1-3-16(15)31-20/h1-8,26H,(H,27,28). The zero-order valence-corrected chi connectivity index (χ0v) is 21.4. The first-order valence-electron chi connectivity index (χ1n) is 8.82. The maximum atomic E-state index is 12.7. The van der Waals surface area contributed by atoms with Crippen molar-refractivity contribution < 1.29 is 18.3 Å². The van der Waals surface area contributed by atoms with Gasteiger partial charge in [-0.25, -0.2) is 18.2 Å². The first-order valence-corrected chi connectivity index (χ1v) is 13.4. The van der Waals surface area contributed by atoms with Gasteiger partial charge < -0.3 is 5.11 Å². The molecular formula is C20H10Cl4N2O4S3. The predicted octanol–water partition coefficient (Wildman–Crippen LogP) is 7.56. The minimum atomic E-state index is -4.02. The van der Waals surface area contributed by atoms with Gasteiger partial charge in [-0.15, -0.1) is 11.3 Å². The van der Waals surface area contributed by atoms with Gasteiger partial charge in [0.1, 0.15) is 4.90 Å². The summed E-state index contributed by atoms with van der Waals surface area (Å²) < 4.78 is 29.3. The molecule has 0 aliphatic carbocycles. The number of hydrogen-bond donors (Lipinski definition) is 2. The molecule has 0 aliphatic heterocycles. The molecule has 6 nitrogen and oxygen atoms in total. The van der Waals surface area contributed by atoms with Crippen LogP contribution in [-0.2, 0) is 10.0 Å². The van der Waals surface area contributed by atoms with Crippen LogP contribution in [0, 0.1) is 0 Å². The molecule has 0 fully saturated rings. The Morgan fingerprint density at radius 2 is 1.67 bits per heavy atom. The molecule has 0 bridgehead atoms. The van der Waals surface area contributed by atoms with Crippen LogP contribution in [0.4, 0.5) is 5.69 Å². The van der Waals surface area contributed by atoms with Crippen LogP contribution in [0.5, 0.6) is 0 Å². The minimum absolute atomic E-state index is 0.0266. The number of aromatic nitrogens is 1. The number of nitrogens with one attached hydrogen (secondary N) is 1. The molecule has 0 spiro atoms. The van der Waals surface area contributed by atoms with Gasteiger partial charge >= 0.3 is 5.97 Å². The summed E-state index contributed by atoms with van der Waals surface area (Å²) in [6.07, 6.45) is 0. The average Bonchev–Trinajstić information content (AvgIpc) is 3.11. The molecule has 13 heteroatoms. The Hall–Kier alpha value is -1.72. The van der Waals surface area contributed by atoms with Crippen molar-refractivity contribution >= 4 is 101 Å². The number of fused-ring (bicyclic) bond motifs is 1. The molecule has 170 valence electrons. The van der Waals surface area contributed by atoms with E-state index in [-0.39, 0.29) is 31.2 Å². The summed E-state index contributed by atoms with van der Waals surface area (Å²) in [7, 11) is -4.02. The SMILES string of the molecule is O=C(O)c1ccc2sc(Sc3c(Cl)cc(NS(=O)(=O)c4ccc(Cl)cc4Cl)cc3Cl)nc2c1. The van der Waals surface area contributed by atoms with Crippen molar-refractivity contribution in [3.8, 4) is 0 Å². The summed E-state index contributed by atoms with van der Waals surface area (Å²) in [5, 5.41) is 9.83. The molecular weight excluding hydrogens is 570 g/mol. The molecule has 0 saturated carbocycles. The van der Waals surface area contributed by atoms with Crippen LogP contribution in [0.15, 0.2) is 62.7 Å². The van der Waals surface area contributed by atoms with Crippen molar-refractivity contribution in [2.75, 3.05) is 4.72 Å². The van der Waals surface area contributed by atoms with Crippen LogP contribution >= 0.6 is 69.5 Å². The van der Waals surface area contributed by atoms with Crippen LogP contribution in [-0.4, -0.2) is 24.5 Å². The first-order chi connectivity index (χ1) is 15.5. The zero-order valence-electron chi connectivity index (χ0n) is 16.0. The molecule has 0 radical (unpaired) electrons. The number of aromatic carboxylic acids is 1. The van der Waals surface area contributed by atoms with E-state index in [0.29, 0.717) is 19.8 Å². The van der Waals surface area contributed by atoms with Gasteiger partial charge in [-0.05, 0) is 48.5 Å². The Morgan fingerprint density at radius 1 is 0.970 bits per heavy atom. The number of thiazole rings is 1. The number of rotatable bonds is 6. The van der Waals surface area contributed by atoms with E-state index in [0.717, 1.165) is 4.70 Å². The smallest absolute Gasteiger partial charge is 0.335 e. The van der Waals surface area contributed by atoms with Gasteiger partial charge in [0.15, 0.2) is 4.34 Å². The number of halogens is 4. The zero-order chi connectivity index (χ0) is 23.9. The summed E-state index contributed by atoms with van der Waals surface area (Å²) in [5.74, 6) is -1.04. The topological polar surface area (TPSA) is 96.4 Å². The highest BCUT2D eigenvalue weighted by Crippen LogP contribution is 2.43. The number of sulfonamides is 1. The van der Waals surface area contributed by atoms with E-state index in [1.807, 2.05) is 0 Å². The van der Waals surface area contributed by atoms with Gasteiger partial charge in [0.25, 0.3) is 10.0 Å². The van der Waals surface area contributed by atoms with E-state index in [2.05, 4.69) is 9.71 Å². The lowest BCUT2D eigenvalue weighted by atomic mass is 10.2. The molecule has 0 unspecified atom stereocenters. The van der Waals surface area contributed by atoms with E-state index in [1.165, 1.54) is 65.6 Å². The Balaban J connectivity index is 1.61. The molecule has 0 aliphatic rings. The van der Waals surface area contributed by atoms with Gasteiger partial charge in [0.05, 0.1) is 41.4 Å². The highest BCUT2D eigenvalue weighted by atomic mass is 35.5. The van der Waals surface area contributed by atoms with Crippen molar-refractivity contribution in [2.24, 2.45) is 0 Å². The normalized spacial score (nSPS) is 11.6. The third kappa shape index (κ3) is 5.35. The fourth-order valence-electron chi connectivity index (χ4n) is 2.79. The molecule has 1 heterocycles. The monoisotopic (exact) mass is 578 g/mol. The molecule has 33 heavy (non-hydrogen) atoms. The maximum absolute atomic E-state index is 12.7. The molecule has 2 N–H and O–H groups in total. The predicted molar refractivity (Wildman–Crippen MR) is 134 cm³/mol. The van der Waals surface area contributed by atoms with E-state index in [9.17, 15) is 13.2 Å². The first kappa shape index (κ1) is 24.4. The quantitative estimate of drug-likeness (QED) is 0.244. The number of benzene rings is 3. The van der Waals surface area contributed by atoms with Crippen molar-refractivity contribution in [3.63, 3.8) is 0 Å². The van der Waals surface area contributed by atoms with Crippen LogP contribution in [0.2, 0.25) is 20.1 Å². The third-order valence-corrected chi connectivity index (χ3v) is 9.40. The Kier molecular flexibility index (Phi) is 7.02. The Bertz CT molecular complexity index is 1500. The van der Waals surface area contributed by atoms with Gasteiger partial charge in [-0.1, -0.05) is 58.2 Å². The molecule has 0 amide bonds. The second-order valence-corrected chi connectivity index (χ2v) is 12.1. The second kappa shape index (κ2) is 9.50. The van der Waals surface area contributed by atoms with Crippen molar-refractivity contribution in [1.82, 2.24) is 4.98 Å². The number of carboxylic acid groups (broad SMARTS) is 1. The summed E-state index contributed by atoms with van der Waals surface area (Å²) in [6, 6.07) is 11.6. The number of nitrogens with zero attached hydrogens (tertiary/aromatic N) is 1. The van der Waals surface area contributed by atoms with Gasteiger partial charge in [-0.3, -0.25) is 4.72 Å². The summed E-state index contributed by atoms with van der Waals surface area (Å²) in [4.78, 5) is 15.9. The van der Waals surface area contributed by atoms with Crippen molar-refractivity contribution in [2.45, 2.75) is 14.1 Å². The lowest BCUT2D eigenvalue weighted by molar-refractivity contribution is 0.0697. The number of carbonyl (C=O) groups is 1. The number of anilines is 1. The average molecular weight is 580 g/mol. The van der Waals surface area contributed by atoms with E-state index >= 15 is 0 Å². The minimum Gasteiger partial charge on any atom is -0.478 e. The van der Waals surface area contributed by atoms with Crippen molar-refractivity contribution in [1.29, 1.82) is 0 Å². The Labute approximate surface area is 216 Å². The fraction of sp³-hybridized carbons (Fsp3) is 0. The highest BCUT2D eigenvalue weighted by molar-refractivity contribution is 8.01. The lowest BCUT2D eigenvalue weighted by Crippen LogP contribution is -2.13. The van der Waals surface area contributed by atoms with Crippen LogP contribution in [0.25, 0.3) is 10.2 Å². The van der Waals surface area contributed by atoms with Gasteiger partial charge in [0, 0.05) is 5.02 Å². The lowest BCUT2D eigenvalue weighted by Gasteiger charge is -2.12. The summed E-state index contributed by atoms with van der Waals surface area (Å²) >= 11 is 27.2. The maximum Gasteiger partial charge on any atom is 0.335 e.